The summed E-state index contributed by atoms with van der Waals surface area (Å²) in [5.41, 5.74) is 0. The van der Waals surface area contributed by atoms with E-state index in [-0.39, 0.29) is 68.9 Å². The fourth-order valence-corrected chi connectivity index (χ4v) is 0.193. The molecular weight excluding hydrogens is 186 g/mol. The predicted octanol–water partition coefficient (Wildman–Crippen LogP) is -5.65. The largest absolute Gasteiger partial charge is 1.00 e. The van der Waals surface area contributed by atoms with Gasteiger partial charge in [-0.1, -0.05) is 0 Å². The summed E-state index contributed by atoms with van der Waals surface area (Å²) >= 11 is 8.70. The van der Waals surface area contributed by atoms with Crippen LogP contribution in [-0.4, -0.2) is 0 Å². The average molecular weight is 186 g/mol. The first kappa shape index (κ1) is 17.3. The van der Waals surface area contributed by atoms with Gasteiger partial charge in [0.2, 0.25) is 0 Å². The van der Waals surface area contributed by atoms with E-state index in [0.717, 1.165) is 0 Å². The van der Waals surface area contributed by atoms with E-state index in [1.165, 1.54) is 0 Å². The number of nitrogens with zero attached hydrogens (tertiary/aromatic N) is 2. The normalized spacial score (nSPS) is 8.60. The van der Waals surface area contributed by atoms with Gasteiger partial charge in [-0.05, 0) is 0 Å². The standard InChI is InChI=1S/C4H2N2S2.2Na/c5-1-3(7)4(8)2-6;;/h7-8H;;/q;2*+1/p-2/b4-3+;;. The van der Waals surface area contributed by atoms with E-state index in [4.69, 9.17) is 10.5 Å². The minimum Gasteiger partial charge on any atom is -0.770 e. The minimum absolute atomic E-state index is 0. The molecule has 0 aromatic carbocycles. The van der Waals surface area contributed by atoms with Crippen LogP contribution in [0.3, 0.4) is 0 Å². The van der Waals surface area contributed by atoms with Crippen LogP contribution in [0, 0.1) is 22.7 Å². The van der Waals surface area contributed by atoms with Crippen molar-refractivity contribution in [3.63, 3.8) is 0 Å². The second-order valence-electron chi connectivity index (χ2n) is 0.882. The average Bonchev–Trinajstić information content (AvgIpc) is 1.84. The molecule has 0 unspecified atom stereocenters. The Labute approximate surface area is 115 Å². The van der Waals surface area contributed by atoms with Gasteiger partial charge < -0.3 is 25.3 Å². The first-order chi connectivity index (χ1) is 3.72. The number of hydrogen-bond donors (Lipinski definition) is 0. The van der Waals surface area contributed by atoms with E-state index in [2.05, 4.69) is 25.3 Å². The van der Waals surface area contributed by atoms with E-state index in [1.54, 1.807) is 12.1 Å². The van der Waals surface area contributed by atoms with E-state index in [9.17, 15) is 0 Å². The van der Waals surface area contributed by atoms with Gasteiger partial charge in [0.25, 0.3) is 0 Å². The van der Waals surface area contributed by atoms with Crippen molar-refractivity contribution in [2.24, 2.45) is 0 Å². The van der Waals surface area contributed by atoms with Crippen LogP contribution in [0.1, 0.15) is 0 Å². The van der Waals surface area contributed by atoms with Gasteiger partial charge in [-0.15, -0.1) is 9.81 Å². The molecule has 0 spiro atoms. The molecule has 0 aromatic heterocycles. The summed E-state index contributed by atoms with van der Waals surface area (Å²) in [6.45, 7) is 0. The molecule has 0 amide bonds. The SMILES string of the molecule is N#C/C([S-])=C(\[S-])C#N.[Na+].[Na+]. The van der Waals surface area contributed by atoms with Gasteiger partial charge in [-0.2, -0.15) is 10.5 Å². The maximum atomic E-state index is 8.01. The Balaban J connectivity index is -0.000000245. The summed E-state index contributed by atoms with van der Waals surface area (Å²) < 4.78 is 0. The maximum absolute atomic E-state index is 8.01. The van der Waals surface area contributed by atoms with Crippen molar-refractivity contribution < 1.29 is 59.1 Å². The number of nitriles is 2. The molecule has 0 fully saturated rings. The molecule has 0 saturated heterocycles. The van der Waals surface area contributed by atoms with Crippen LogP contribution in [0.2, 0.25) is 0 Å². The van der Waals surface area contributed by atoms with Gasteiger partial charge in [0, 0.05) is 0 Å². The minimum atomic E-state index is -0.109. The second-order valence-corrected chi connectivity index (χ2v) is 1.70. The van der Waals surface area contributed by atoms with E-state index < -0.39 is 0 Å². The quantitative estimate of drug-likeness (QED) is 0.215. The van der Waals surface area contributed by atoms with Crippen molar-refractivity contribution in [1.82, 2.24) is 0 Å². The Morgan fingerprint density at radius 2 is 1.10 bits per heavy atom. The molecule has 40 valence electrons. The molecule has 0 aliphatic rings. The molecule has 0 aliphatic carbocycles. The first-order valence-electron chi connectivity index (χ1n) is 1.61. The molecule has 0 saturated carbocycles. The Morgan fingerprint density at radius 3 is 1.20 bits per heavy atom. The molecule has 2 nitrogen and oxygen atoms in total. The smallest absolute Gasteiger partial charge is 0.770 e. The van der Waals surface area contributed by atoms with Crippen LogP contribution in [0.4, 0.5) is 0 Å². The molecule has 0 aromatic rings. The molecule has 0 bridgehead atoms. The van der Waals surface area contributed by atoms with Gasteiger partial charge in [-0.3, -0.25) is 0 Å². The Hall–Kier alpha value is 1.16. The van der Waals surface area contributed by atoms with Crippen LogP contribution in [-0.2, 0) is 25.3 Å². The number of hydrogen-bond acceptors (Lipinski definition) is 4. The molecule has 6 heteroatoms. The van der Waals surface area contributed by atoms with Gasteiger partial charge in [0.05, 0.1) is 12.1 Å². The van der Waals surface area contributed by atoms with Crippen molar-refractivity contribution in [1.29, 1.82) is 10.5 Å². The summed E-state index contributed by atoms with van der Waals surface area (Å²) in [6.07, 6.45) is 0. The maximum Gasteiger partial charge on any atom is 1.00 e. The fraction of sp³-hybridized carbons (Fsp3) is 0. The molecular formula is C4N2Na2S2. The van der Waals surface area contributed by atoms with Crippen molar-refractivity contribution in [2.45, 2.75) is 0 Å². The first-order valence-corrected chi connectivity index (χ1v) is 2.42. The monoisotopic (exact) mass is 186 g/mol. The van der Waals surface area contributed by atoms with Crippen molar-refractivity contribution in [3.8, 4) is 12.1 Å². The van der Waals surface area contributed by atoms with Crippen molar-refractivity contribution >= 4 is 25.3 Å². The fourth-order valence-electron chi connectivity index (χ4n) is 0.102. The van der Waals surface area contributed by atoms with Gasteiger partial charge in [0.15, 0.2) is 0 Å². The zero-order chi connectivity index (χ0) is 6.57. The third-order valence-electron chi connectivity index (χ3n) is 0.409. The third-order valence-corrected chi connectivity index (χ3v) is 1.13. The molecule has 0 aliphatic heterocycles. The molecule has 0 N–H and O–H groups in total. The van der Waals surface area contributed by atoms with E-state index in [0.29, 0.717) is 0 Å². The molecule has 10 heavy (non-hydrogen) atoms. The molecule has 0 radical (unpaired) electrons. The summed E-state index contributed by atoms with van der Waals surface area (Å²) in [6, 6.07) is 3.17. The van der Waals surface area contributed by atoms with Crippen LogP contribution in [0.15, 0.2) is 9.81 Å². The van der Waals surface area contributed by atoms with Crippen molar-refractivity contribution in [3.05, 3.63) is 9.81 Å². The Morgan fingerprint density at radius 1 is 0.900 bits per heavy atom. The van der Waals surface area contributed by atoms with Crippen molar-refractivity contribution in [2.75, 3.05) is 0 Å². The van der Waals surface area contributed by atoms with Crippen LogP contribution < -0.4 is 59.1 Å². The summed E-state index contributed by atoms with van der Waals surface area (Å²) in [5.74, 6) is 0. The van der Waals surface area contributed by atoms with E-state index >= 15 is 0 Å². The van der Waals surface area contributed by atoms with Crippen LogP contribution in [0.5, 0.6) is 0 Å². The number of rotatable bonds is 0. The van der Waals surface area contributed by atoms with Gasteiger partial charge >= 0.3 is 59.1 Å². The molecule has 0 atom stereocenters. The zero-order valence-corrected chi connectivity index (χ0v) is 11.3. The molecule has 0 heterocycles. The van der Waals surface area contributed by atoms with Crippen LogP contribution >= 0.6 is 0 Å². The summed E-state index contributed by atoms with van der Waals surface area (Å²) in [7, 11) is 0. The van der Waals surface area contributed by atoms with E-state index in [1.807, 2.05) is 0 Å². The summed E-state index contributed by atoms with van der Waals surface area (Å²) in [5, 5.41) is 16.0. The van der Waals surface area contributed by atoms with Gasteiger partial charge in [0.1, 0.15) is 0 Å². The van der Waals surface area contributed by atoms with Crippen LogP contribution in [0.25, 0.3) is 0 Å². The summed E-state index contributed by atoms with van der Waals surface area (Å²) in [4.78, 5) is -0.218. The topological polar surface area (TPSA) is 47.6 Å². The Kier molecular flexibility index (Phi) is 17.6. The Bertz CT molecular complexity index is 178. The third kappa shape index (κ3) is 7.27. The number of allylic oxidation sites excluding steroid dienone is 2. The predicted molar refractivity (Wildman–Crippen MR) is 33.0 cm³/mol. The second kappa shape index (κ2) is 10.2. The molecule has 0 rings (SSSR count). The zero-order valence-electron chi connectivity index (χ0n) is 5.71. The van der Waals surface area contributed by atoms with Gasteiger partial charge in [-0.25, -0.2) is 0 Å².